The van der Waals surface area contributed by atoms with Gasteiger partial charge in [0.05, 0.1) is 25.9 Å². The Hall–Kier alpha value is -5.42. The molecule has 11 heteroatoms. The first-order valence-corrected chi connectivity index (χ1v) is 20.8. The standard InChI is InChI=1S/C47H49FN4O6/c1-57-41-23-40(38(48)22-35(41)43-32(29-5-3-2-4-6-29)9-7-30-21-31(53)8-10-33(30)43)51-24-28(25-51)15-18-50-19-16-47(17-20-50)27-58-44-36-26-52(39-13-14-42(54)49-45(39)55)46(56)34(36)11-12-37(44)47/h2-6,8,10-12,21-23,28,32,39,43,53H,7,9,13-20,24-27H2,1H3,(H,49,54,55)/t32-,39+,43+/m1/s1. The molecule has 0 unspecified atom stereocenters. The van der Waals surface area contributed by atoms with Gasteiger partial charge in [0.25, 0.3) is 5.91 Å². The minimum atomic E-state index is -0.646. The second-order valence-corrected chi connectivity index (χ2v) is 17.3. The van der Waals surface area contributed by atoms with Gasteiger partial charge < -0.3 is 29.3 Å². The number of phenolic OH excluding ortho intramolecular Hbond substituents is 1. The van der Waals surface area contributed by atoms with Crippen molar-refractivity contribution in [2.45, 2.75) is 74.8 Å². The molecule has 3 saturated heterocycles. The van der Waals surface area contributed by atoms with Crippen LogP contribution < -0.4 is 19.7 Å². The molecule has 4 aromatic carbocycles. The van der Waals surface area contributed by atoms with Crippen molar-refractivity contribution in [2.75, 3.05) is 51.3 Å². The first-order chi connectivity index (χ1) is 28.2. The summed E-state index contributed by atoms with van der Waals surface area (Å²) >= 11 is 0. The largest absolute Gasteiger partial charge is 0.508 e. The quantitative estimate of drug-likeness (QED) is 0.197. The lowest BCUT2D eigenvalue weighted by Crippen LogP contribution is -2.52. The molecular formula is C47H49FN4O6. The number of carbonyl (C=O) groups excluding carboxylic acids is 3. The van der Waals surface area contributed by atoms with Gasteiger partial charge in [-0.2, -0.15) is 0 Å². The smallest absolute Gasteiger partial charge is 0.255 e. The SMILES string of the molecule is COc1cc(N2CC(CCN3CCC4(CC3)COc3c4ccc4c3CN([C@H]3CCC(=O)NC3=O)C4=O)C2)c(F)cc1[C@@H]1c2ccc(O)cc2CC[C@@H]1c1ccccc1. The molecule has 2 N–H and O–H groups in total. The number of anilines is 1. The molecule has 3 fully saturated rings. The average Bonchev–Trinajstić information content (AvgIpc) is 3.75. The Morgan fingerprint density at radius 1 is 0.948 bits per heavy atom. The Morgan fingerprint density at radius 3 is 2.53 bits per heavy atom. The van der Waals surface area contributed by atoms with Gasteiger partial charge in [0.15, 0.2) is 0 Å². The number of likely N-dealkylation sites (tertiary alicyclic amines) is 1. The third-order valence-corrected chi connectivity index (χ3v) is 14.1. The molecule has 10 rings (SSSR count). The zero-order valence-corrected chi connectivity index (χ0v) is 32.8. The molecule has 6 aliphatic rings. The highest BCUT2D eigenvalue weighted by molar-refractivity contribution is 6.05. The normalized spacial score (nSPS) is 23.9. The van der Waals surface area contributed by atoms with E-state index in [9.17, 15) is 19.5 Å². The number of phenols is 1. The summed E-state index contributed by atoms with van der Waals surface area (Å²) in [6.45, 7) is 5.42. The summed E-state index contributed by atoms with van der Waals surface area (Å²) in [6.07, 6.45) is 5.28. The molecule has 10 nitrogen and oxygen atoms in total. The van der Waals surface area contributed by atoms with Gasteiger partial charge in [-0.05, 0) is 111 Å². The molecular weight excluding hydrogens is 736 g/mol. The first-order valence-electron chi connectivity index (χ1n) is 20.8. The summed E-state index contributed by atoms with van der Waals surface area (Å²) in [5.41, 5.74) is 7.38. The number of rotatable bonds is 8. The Labute approximate surface area is 337 Å². The summed E-state index contributed by atoms with van der Waals surface area (Å²) in [5.74, 6) is 1.16. The second-order valence-electron chi connectivity index (χ2n) is 17.3. The van der Waals surface area contributed by atoms with Crippen LogP contribution in [0.5, 0.6) is 17.2 Å². The number of ether oxygens (including phenoxy) is 2. The molecule has 300 valence electrons. The molecule has 3 atom stereocenters. The number of amides is 3. The summed E-state index contributed by atoms with van der Waals surface area (Å²) in [7, 11) is 1.67. The number of aryl methyl sites for hydroxylation is 1. The van der Waals surface area contributed by atoms with E-state index in [-0.39, 0.29) is 47.1 Å². The fraction of sp³-hybridized carbons (Fsp3) is 0.426. The lowest BCUT2D eigenvalue weighted by Gasteiger charge is -2.43. The lowest BCUT2D eigenvalue weighted by molar-refractivity contribution is -0.136. The van der Waals surface area contributed by atoms with Crippen LogP contribution in [0.4, 0.5) is 10.1 Å². The summed E-state index contributed by atoms with van der Waals surface area (Å²) in [4.78, 5) is 43.9. The van der Waals surface area contributed by atoms with Crippen LogP contribution in [0.25, 0.3) is 0 Å². The highest BCUT2D eigenvalue weighted by atomic mass is 19.1. The van der Waals surface area contributed by atoms with Gasteiger partial charge in [-0.3, -0.25) is 19.7 Å². The topological polar surface area (TPSA) is 112 Å². The number of halogens is 1. The van der Waals surface area contributed by atoms with Crippen molar-refractivity contribution in [3.8, 4) is 17.2 Å². The van der Waals surface area contributed by atoms with E-state index >= 15 is 4.39 Å². The number of methoxy groups -OCH3 is 1. The zero-order valence-electron chi connectivity index (χ0n) is 32.8. The van der Waals surface area contributed by atoms with E-state index in [1.54, 1.807) is 24.1 Å². The number of nitrogens with zero attached hydrogens (tertiary/aromatic N) is 3. The van der Waals surface area contributed by atoms with Gasteiger partial charge >= 0.3 is 0 Å². The number of hydrogen-bond acceptors (Lipinski definition) is 8. The molecule has 0 radical (unpaired) electrons. The molecule has 0 bridgehead atoms. The summed E-state index contributed by atoms with van der Waals surface area (Å²) < 4.78 is 28.6. The lowest BCUT2D eigenvalue weighted by atomic mass is 9.69. The molecule has 0 saturated carbocycles. The Morgan fingerprint density at radius 2 is 1.76 bits per heavy atom. The van der Waals surface area contributed by atoms with E-state index < -0.39 is 11.9 Å². The van der Waals surface area contributed by atoms with Crippen LogP contribution in [0.3, 0.4) is 0 Å². The zero-order chi connectivity index (χ0) is 39.7. The van der Waals surface area contributed by atoms with Crippen LogP contribution in [0.1, 0.15) is 94.1 Å². The number of piperidine rings is 2. The van der Waals surface area contributed by atoms with E-state index in [4.69, 9.17) is 9.47 Å². The molecule has 1 aliphatic carbocycles. The molecule has 3 amide bonds. The van der Waals surface area contributed by atoms with Crippen LogP contribution >= 0.6 is 0 Å². The van der Waals surface area contributed by atoms with Gasteiger partial charge in [0, 0.05) is 59.2 Å². The Bertz CT molecular complexity index is 2300. The van der Waals surface area contributed by atoms with E-state index in [0.29, 0.717) is 42.5 Å². The monoisotopic (exact) mass is 784 g/mol. The predicted molar refractivity (Wildman–Crippen MR) is 216 cm³/mol. The van der Waals surface area contributed by atoms with Gasteiger partial charge in [-0.1, -0.05) is 42.5 Å². The van der Waals surface area contributed by atoms with Crippen LogP contribution in [0, 0.1) is 11.7 Å². The number of fused-ring (bicyclic) bond motifs is 5. The third kappa shape index (κ3) is 6.20. The van der Waals surface area contributed by atoms with Crippen LogP contribution in [-0.4, -0.2) is 85.1 Å². The summed E-state index contributed by atoms with van der Waals surface area (Å²) in [5, 5.41) is 12.7. The van der Waals surface area contributed by atoms with E-state index in [2.05, 4.69) is 45.4 Å². The highest BCUT2D eigenvalue weighted by Crippen LogP contribution is 2.52. The first kappa shape index (κ1) is 36.9. The Balaban J connectivity index is 0.773. The van der Waals surface area contributed by atoms with E-state index in [1.165, 1.54) is 11.1 Å². The molecule has 58 heavy (non-hydrogen) atoms. The van der Waals surface area contributed by atoms with Crippen molar-refractivity contribution in [1.29, 1.82) is 0 Å². The molecule has 1 spiro atoms. The fourth-order valence-electron chi connectivity index (χ4n) is 10.9. The van der Waals surface area contributed by atoms with Gasteiger partial charge in [0.1, 0.15) is 29.1 Å². The van der Waals surface area contributed by atoms with Crippen molar-refractivity contribution in [3.63, 3.8) is 0 Å². The van der Waals surface area contributed by atoms with Crippen molar-refractivity contribution < 1.29 is 33.4 Å². The number of nitrogens with one attached hydrogen (secondary N) is 1. The number of benzene rings is 4. The van der Waals surface area contributed by atoms with Crippen LogP contribution in [0.15, 0.2) is 72.8 Å². The molecule has 0 aromatic heterocycles. The van der Waals surface area contributed by atoms with Crippen molar-refractivity contribution in [3.05, 3.63) is 118 Å². The van der Waals surface area contributed by atoms with E-state index in [0.717, 1.165) is 92.8 Å². The fourth-order valence-corrected chi connectivity index (χ4v) is 10.9. The van der Waals surface area contributed by atoms with Crippen molar-refractivity contribution >= 4 is 23.4 Å². The number of imide groups is 1. The van der Waals surface area contributed by atoms with Crippen LogP contribution in [-0.2, 0) is 28.0 Å². The van der Waals surface area contributed by atoms with Crippen molar-refractivity contribution in [2.24, 2.45) is 5.92 Å². The Kier molecular flexibility index (Phi) is 9.19. The third-order valence-electron chi connectivity index (χ3n) is 14.1. The molecule has 5 aliphatic heterocycles. The van der Waals surface area contributed by atoms with Gasteiger partial charge in [-0.25, -0.2) is 4.39 Å². The maximum Gasteiger partial charge on any atom is 0.255 e. The summed E-state index contributed by atoms with van der Waals surface area (Å²) in [6, 6.07) is 22.9. The maximum atomic E-state index is 16.2. The predicted octanol–water partition coefficient (Wildman–Crippen LogP) is 6.42. The van der Waals surface area contributed by atoms with Crippen molar-refractivity contribution in [1.82, 2.24) is 15.1 Å². The number of aromatic hydroxyl groups is 1. The minimum Gasteiger partial charge on any atom is -0.508 e. The van der Waals surface area contributed by atoms with E-state index in [1.807, 2.05) is 30.3 Å². The second kappa shape index (κ2) is 14.4. The minimum absolute atomic E-state index is 0.0927. The molecule has 4 aromatic rings. The maximum absolute atomic E-state index is 16.2. The van der Waals surface area contributed by atoms with Gasteiger partial charge in [-0.15, -0.1) is 0 Å². The van der Waals surface area contributed by atoms with Crippen LogP contribution in [0.2, 0.25) is 0 Å². The highest BCUT2D eigenvalue weighted by Gasteiger charge is 2.48. The molecule has 5 heterocycles. The average molecular weight is 785 g/mol. The van der Waals surface area contributed by atoms with Gasteiger partial charge in [0.2, 0.25) is 11.8 Å². The number of carbonyl (C=O) groups is 3. The number of hydrogen-bond donors (Lipinski definition) is 2.